The molecule has 3 nitrogen and oxygen atoms in total. The van der Waals surface area contributed by atoms with E-state index in [4.69, 9.17) is 9.47 Å². The van der Waals surface area contributed by atoms with Crippen molar-refractivity contribution in [2.75, 3.05) is 20.8 Å². The molecule has 9 heavy (non-hydrogen) atoms. The van der Waals surface area contributed by atoms with Gasteiger partial charge >= 0.3 is 0 Å². The Morgan fingerprint density at radius 2 is 2.11 bits per heavy atom. The zero-order chi connectivity index (χ0) is 7.11. The molecule has 0 saturated carbocycles. The summed E-state index contributed by atoms with van der Waals surface area (Å²) in [5.74, 6) is 0. The second kappa shape index (κ2) is 5.94. The van der Waals surface area contributed by atoms with Gasteiger partial charge in [-0.05, 0) is 0 Å². The lowest BCUT2D eigenvalue weighted by Crippen LogP contribution is -2.28. The van der Waals surface area contributed by atoms with Crippen molar-refractivity contribution in [3.8, 4) is 0 Å². The minimum atomic E-state index is -0.204. The number of nitrogens with one attached hydrogen (secondary N) is 1. The third kappa shape index (κ3) is 4.32. The van der Waals surface area contributed by atoms with Gasteiger partial charge in [0, 0.05) is 14.2 Å². The quantitative estimate of drug-likeness (QED) is 0.445. The first-order valence-corrected chi connectivity index (χ1v) is 3.05. The van der Waals surface area contributed by atoms with Crippen LogP contribution >= 0.6 is 12.2 Å². The fraction of sp³-hybridized carbons (Fsp3) is 0.800. The normalized spacial score (nSPS) is 9.67. The van der Waals surface area contributed by atoms with Gasteiger partial charge in [-0.3, -0.25) is 0 Å². The van der Waals surface area contributed by atoms with Gasteiger partial charge in [-0.2, -0.15) is 0 Å². The summed E-state index contributed by atoms with van der Waals surface area (Å²) in [7, 11) is 3.17. The topological polar surface area (TPSA) is 30.5 Å². The van der Waals surface area contributed by atoms with Crippen LogP contribution in [0.1, 0.15) is 0 Å². The maximum Gasteiger partial charge on any atom is 0.173 e. The molecule has 0 aromatic rings. The van der Waals surface area contributed by atoms with Crippen LogP contribution in [0.4, 0.5) is 0 Å². The summed E-state index contributed by atoms with van der Waals surface area (Å²) in [6, 6.07) is 0. The van der Waals surface area contributed by atoms with Gasteiger partial charge in [0.1, 0.15) is 0 Å². The van der Waals surface area contributed by atoms with E-state index in [1.54, 1.807) is 14.2 Å². The molecule has 4 heteroatoms. The van der Waals surface area contributed by atoms with Crippen LogP contribution in [0.5, 0.6) is 0 Å². The number of rotatable bonds is 5. The van der Waals surface area contributed by atoms with Crippen LogP contribution in [0.2, 0.25) is 0 Å². The van der Waals surface area contributed by atoms with Gasteiger partial charge in [0.05, 0.1) is 12.0 Å². The van der Waals surface area contributed by atoms with E-state index in [2.05, 4.69) is 17.5 Å². The van der Waals surface area contributed by atoms with Crippen molar-refractivity contribution >= 4 is 17.7 Å². The standard InChI is InChI=1S/C5H11NO2S/c1-7-5(8-2)3-6-4-9/h4-5H,3H2,1-2H3,(H,6,9). The molecule has 0 aliphatic heterocycles. The first-order valence-electron chi connectivity index (χ1n) is 2.57. The fourth-order valence-electron chi connectivity index (χ4n) is 0.407. The Labute approximate surface area is 60.3 Å². The Hall–Kier alpha value is -0.190. The Kier molecular flexibility index (Phi) is 5.81. The van der Waals surface area contributed by atoms with Gasteiger partial charge in [-0.25, -0.2) is 0 Å². The van der Waals surface area contributed by atoms with E-state index < -0.39 is 0 Å². The molecule has 0 fully saturated rings. The molecule has 0 rings (SSSR count). The lowest BCUT2D eigenvalue weighted by Gasteiger charge is -2.11. The summed E-state index contributed by atoms with van der Waals surface area (Å²) in [5.41, 5.74) is 1.44. The first-order chi connectivity index (χ1) is 4.35. The minimum absolute atomic E-state index is 0.204. The van der Waals surface area contributed by atoms with Crippen LogP contribution in [-0.4, -0.2) is 32.5 Å². The number of thiocarbonyl (C=S) groups is 1. The zero-order valence-electron chi connectivity index (χ0n) is 5.59. The molecule has 0 aromatic carbocycles. The van der Waals surface area contributed by atoms with Crippen LogP contribution in [0.15, 0.2) is 0 Å². The summed E-state index contributed by atoms with van der Waals surface area (Å²) >= 11 is 4.52. The van der Waals surface area contributed by atoms with Crippen molar-refractivity contribution in [3.63, 3.8) is 0 Å². The molecule has 0 aliphatic rings. The molecule has 0 bridgehead atoms. The predicted molar refractivity (Wildman–Crippen MR) is 39.5 cm³/mol. The van der Waals surface area contributed by atoms with Crippen molar-refractivity contribution in [3.05, 3.63) is 0 Å². The molecular formula is C5H11NO2S. The van der Waals surface area contributed by atoms with E-state index in [1.165, 1.54) is 5.49 Å². The molecule has 54 valence electrons. The van der Waals surface area contributed by atoms with Gasteiger partial charge in [0.25, 0.3) is 0 Å². The van der Waals surface area contributed by atoms with E-state index in [1.807, 2.05) is 0 Å². The number of ether oxygens (including phenoxy) is 2. The van der Waals surface area contributed by atoms with E-state index in [0.29, 0.717) is 6.54 Å². The molecule has 0 spiro atoms. The molecule has 0 radical (unpaired) electrons. The second-order valence-electron chi connectivity index (χ2n) is 1.43. The van der Waals surface area contributed by atoms with E-state index >= 15 is 0 Å². The van der Waals surface area contributed by atoms with Gasteiger partial charge in [0.2, 0.25) is 0 Å². The molecule has 0 saturated heterocycles. The van der Waals surface area contributed by atoms with Crippen molar-refractivity contribution in [1.82, 2.24) is 5.32 Å². The third-order valence-corrected chi connectivity index (χ3v) is 1.06. The molecule has 0 heterocycles. The van der Waals surface area contributed by atoms with E-state index in [9.17, 15) is 0 Å². The molecule has 0 aliphatic carbocycles. The predicted octanol–water partition coefficient (Wildman–Crippen LogP) is 0.152. The van der Waals surface area contributed by atoms with Crippen LogP contribution in [0.3, 0.4) is 0 Å². The molecule has 0 unspecified atom stereocenters. The van der Waals surface area contributed by atoms with Crippen LogP contribution < -0.4 is 5.32 Å². The summed E-state index contributed by atoms with van der Waals surface area (Å²) in [5, 5.41) is 2.79. The SMILES string of the molecule is COC(CNC=S)OC. The van der Waals surface area contributed by atoms with Gasteiger partial charge in [0.15, 0.2) is 6.29 Å². The molecule has 0 atom stereocenters. The maximum atomic E-state index is 4.85. The monoisotopic (exact) mass is 149 g/mol. The first kappa shape index (κ1) is 8.81. The smallest absolute Gasteiger partial charge is 0.173 e. The number of methoxy groups -OCH3 is 2. The summed E-state index contributed by atoms with van der Waals surface area (Å²) in [4.78, 5) is 0. The highest BCUT2D eigenvalue weighted by Crippen LogP contribution is 1.85. The van der Waals surface area contributed by atoms with Crippen molar-refractivity contribution in [2.45, 2.75) is 6.29 Å². The summed E-state index contributed by atoms with van der Waals surface area (Å²) < 4.78 is 9.70. The third-order valence-electron chi connectivity index (χ3n) is 0.894. The lowest BCUT2D eigenvalue weighted by atomic mass is 10.6. The van der Waals surface area contributed by atoms with Crippen LogP contribution in [0.25, 0.3) is 0 Å². The van der Waals surface area contributed by atoms with E-state index in [-0.39, 0.29) is 6.29 Å². The molecule has 0 amide bonds. The van der Waals surface area contributed by atoms with Crippen molar-refractivity contribution in [2.24, 2.45) is 0 Å². The van der Waals surface area contributed by atoms with Gasteiger partial charge in [-0.1, -0.05) is 12.2 Å². The summed E-state index contributed by atoms with van der Waals surface area (Å²) in [6.07, 6.45) is -0.204. The highest BCUT2D eigenvalue weighted by atomic mass is 32.1. The van der Waals surface area contributed by atoms with Gasteiger partial charge < -0.3 is 14.8 Å². The maximum absolute atomic E-state index is 4.85. The average molecular weight is 149 g/mol. The van der Waals surface area contributed by atoms with Crippen LogP contribution in [0, 0.1) is 0 Å². The molecule has 1 N–H and O–H groups in total. The average Bonchev–Trinajstić information content (AvgIpc) is 1.91. The number of hydrogen-bond acceptors (Lipinski definition) is 3. The highest BCUT2D eigenvalue weighted by Gasteiger charge is 2.00. The highest BCUT2D eigenvalue weighted by molar-refractivity contribution is 7.78. The van der Waals surface area contributed by atoms with E-state index in [0.717, 1.165) is 0 Å². The Balaban J connectivity index is 3.19. The lowest BCUT2D eigenvalue weighted by molar-refractivity contribution is -0.0963. The number of hydrogen-bond donors (Lipinski definition) is 1. The van der Waals surface area contributed by atoms with Crippen molar-refractivity contribution in [1.29, 1.82) is 0 Å². The van der Waals surface area contributed by atoms with Crippen molar-refractivity contribution < 1.29 is 9.47 Å². The Morgan fingerprint density at radius 1 is 1.56 bits per heavy atom. The van der Waals surface area contributed by atoms with Crippen LogP contribution in [-0.2, 0) is 9.47 Å². The largest absolute Gasteiger partial charge is 0.377 e. The van der Waals surface area contributed by atoms with Gasteiger partial charge in [-0.15, -0.1) is 0 Å². The molecular weight excluding hydrogens is 138 g/mol. The Bertz CT molecular complexity index is 75.4. The minimum Gasteiger partial charge on any atom is -0.377 e. The Morgan fingerprint density at radius 3 is 2.44 bits per heavy atom. The molecule has 0 aromatic heterocycles. The summed E-state index contributed by atoms with van der Waals surface area (Å²) in [6.45, 7) is 0.594. The fourth-order valence-corrected chi connectivity index (χ4v) is 0.503. The second-order valence-corrected chi connectivity index (χ2v) is 1.66. The zero-order valence-corrected chi connectivity index (χ0v) is 6.40.